The molecule has 6 nitrogen and oxygen atoms in total. The van der Waals surface area contributed by atoms with Gasteiger partial charge in [-0.05, 0) is 57.0 Å². The number of amides is 1. The Morgan fingerprint density at radius 1 is 1.09 bits per heavy atom. The smallest absolute Gasteiger partial charge is 0.257 e. The van der Waals surface area contributed by atoms with Crippen LogP contribution in [0.3, 0.4) is 0 Å². The first-order valence-electron chi connectivity index (χ1n) is 10.6. The molecule has 0 aliphatic rings. The molecule has 0 spiro atoms. The fourth-order valence-corrected chi connectivity index (χ4v) is 4.10. The highest BCUT2D eigenvalue weighted by atomic mass is 79.9. The fraction of sp³-hybridized carbons (Fsp3) is 0.240. The first-order chi connectivity index (χ1) is 15.4. The second kappa shape index (κ2) is 9.53. The Hall–Kier alpha value is -3.19. The summed E-state index contributed by atoms with van der Waals surface area (Å²) in [6.45, 7) is 4.48. The van der Waals surface area contributed by atoms with Crippen molar-refractivity contribution in [3.05, 3.63) is 87.8 Å². The molecular weight excluding hydrogens is 466 g/mol. The van der Waals surface area contributed by atoms with Gasteiger partial charge in [-0.25, -0.2) is 4.68 Å². The highest BCUT2D eigenvalue weighted by molar-refractivity contribution is 9.10. The highest BCUT2D eigenvalue weighted by Crippen LogP contribution is 2.21. The number of aryl methyl sites for hydroxylation is 2. The molecule has 2 heterocycles. The van der Waals surface area contributed by atoms with Gasteiger partial charge >= 0.3 is 0 Å². The Morgan fingerprint density at radius 3 is 2.53 bits per heavy atom. The molecule has 0 atom stereocenters. The van der Waals surface area contributed by atoms with Gasteiger partial charge < -0.3 is 4.90 Å². The number of hydrogen-bond donors (Lipinski definition) is 1. The molecule has 0 radical (unpaired) electrons. The summed E-state index contributed by atoms with van der Waals surface area (Å²) in [5.41, 5.74) is 6.30. The average molecular weight is 492 g/mol. The summed E-state index contributed by atoms with van der Waals surface area (Å²) in [6.07, 6.45) is 1.67. The number of nitrogens with zero attached hydrogens (tertiary/aromatic N) is 4. The molecule has 2 aromatic heterocycles. The molecule has 7 heteroatoms. The van der Waals surface area contributed by atoms with Crippen molar-refractivity contribution in [3.63, 3.8) is 0 Å². The van der Waals surface area contributed by atoms with E-state index in [1.165, 1.54) is 0 Å². The van der Waals surface area contributed by atoms with Crippen molar-refractivity contribution in [2.24, 2.45) is 0 Å². The predicted molar refractivity (Wildman–Crippen MR) is 130 cm³/mol. The van der Waals surface area contributed by atoms with Crippen molar-refractivity contribution >= 4 is 21.8 Å². The van der Waals surface area contributed by atoms with Crippen molar-refractivity contribution in [2.75, 3.05) is 13.6 Å². The van der Waals surface area contributed by atoms with E-state index in [4.69, 9.17) is 0 Å². The van der Waals surface area contributed by atoms with Crippen molar-refractivity contribution in [1.29, 1.82) is 0 Å². The van der Waals surface area contributed by atoms with Gasteiger partial charge in [0.25, 0.3) is 5.91 Å². The van der Waals surface area contributed by atoms with Gasteiger partial charge in [-0.3, -0.25) is 9.89 Å². The van der Waals surface area contributed by atoms with E-state index in [9.17, 15) is 4.79 Å². The molecule has 0 bridgehead atoms. The zero-order valence-corrected chi connectivity index (χ0v) is 20.1. The van der Waals surface area contributed by atoms with Crippen LogP contribution in [-0.4, -0.2) is 44.4 Å². The number of rotatable bonds is 7. The van der Waals surface area contributed by atoms with Crippen LogP contribution < -0.4 is 0 Å². The zero-order valence-electron chi connectivity index (χ0n) is 18.5. The normalized spacial score (nSPS) is 11.0. The summed E-state index contributed by atoms with van der Waals surface area (Å²) in [4.78, 5) is 14.9. The lowest BCUT2D eigenvalue weighted by atomic mass is 10.1. The van der Waals surface area contributed by atoms with E-state index in [1.807, 2.05) is 80.2 Å². The fourth-order valence-electron chi connectivity index (χ4n) is 3.83. The van der Waals surface area contributed by atoms with Crippen molar-refractivity contribution in [1.82, 2.24) is 24.9 Å². The molecule has 1 N–H and O–H groups in total. The Morgan fingerprint density at radius 2 is 1.81 bits per heavy atom. The monoisotopic (exact) mass is 491 g/mol. The van der Waals surface area contributed by atoms with E-state index < -0.39 is 0 Å². The van der Waals surface area contributed by atoms with Crippen LogP contribution in [0.25, 0.3) is 16.9 Å². The maximum Gasteiger partial charge on any atom is 0.257 e. The second-order valence-electron chi connectivity index (χ2n) is 7.91. The van der Waals surface area contributed by atoms with Crippen LogP contribution >= 0.6 is 15.9 Å². The maximum atomic E-state index is 13.2. The predicted octanol–water partition coefficient (Wildman–Crippen LogP) is 5.35. The minimum Gasteiger partial charge on any atom is -0.342 e. The first-order valence-corrected chi connectivity index (χ1v) is 11.4. The van der Waals surface area contributed by atoms with Gasteiger partial charge in [0.2, 0.25) is 0 Å². The Bertz CT molecular complexity index is 1210. The lowest BCUT2D eigenvalue weighted by molar-refractivity contribution is 0.0792. The number of hydrogen-bond acceptors (Lipinski definition) is 3. The quantitative estimate of drug-likeness (QED) is 0.379. The standard InChI is InChI=1S/C25H26BrN5O/c1-17-24(18(2)31(29-17)22-13-11-20(26)12-14-22)25(32)30(3)15-7-10-21-16-23(28-27-21)19-8-5-4-6-9-19/h4-6,8-9,11-14,16H,7,10,15H2,1-3H3,(H,27,28). The van der Waals surface area contributed by atoms with E-state index >= 15 is 0 Å². The zero-order chi connectivity index (χ0) is 22.7. The summed E-state index contributed by atoms with van der Waals surface area (Å²) in [5.74, 6) is -0.00190. The number of benzene rings is 2. The molecule has 1 amide bonds. The third-order valence-corrected chi connectivity index (χ3v) is 6.09. The minimum atomic E-state index is -0.00190. The van der Waals surface area contributed by atoms with Crippen LogP contribution in [0.15, 0.2) is 65.1 Å². The molecule has 4 rings (SSSR count). The summed E-state index contributed by atoms with van der Waals surface area (Å²) in [7, 11) is 1.85. The number of H-pyrrole nitrogens is 1. The molecule has 0 saturated carbocycles. The van der Waals surface area contributed by atoms with E-state index in [0.29, 0.717) is 12.1 Å². The van der Waals surface area contributed by atoms with Crippen LogP contribution in [0.2, 0.25) is 0 Å². The third kappa shape index (κ3) is 4.67. The highest BCUT2D eigenvalue weighted by Gasteiger charge is 2.22. The lowest BCUT2D eigenvalue weighted by Crippen LogP contribution is -2.29. The van der Waals surface area contributed by atoms with Crippen LogP contribution in [0.5, 0.6) is 0 Å². The van der Waals surface area contributed by atoms with Gasteiger partial charge in [-0.15, -0.1) is 0 Å². The second-order valence-corrected chi connectivity index (χ2v) is 8.82. The molecule has 0 aliphatic carbocycles. The molecule has 2 aromatic carbocycles. The summed E-state index contributed by atoms with van der Waals surface area (Å²) in [6, 6.07) is 20.1. The molecule has 32 heavy (non-hydrogen) atoms. The molecule has 0 fully saturated rings. The Labute approximate surface area is 196 Å². The van der Waals surface area contributed by atoms with Gasteiger partial charge in [0, 0.05) is 29.3 Å². The number of aromatic amines is 1. The molecule has 4 aromatic rings. The van der Waals surface area contributed by atoms with Gasteiger partial charge in [0.15, 0.2) is 0 Å². The number of nitrogens with one attached hydrogen (secondary N) is 1. The van der Waals surface area contributed by atoms with E-state index in [1.54, 1.807) is 4.90 Å². The molecule has 164 valence electrons. The van der Waals surface area contributed by atoms with E-state index in [-0.39, 0.29) is 5.91 Å². The number of aromatic nitrogens is 4. The van der Waals surface area contributed by atoms with Gasteiger partial charge in [-0.2, -0.15) is 10.2 Å². The van der Waals surface area contributed by atoms with Crippen molar-refractivity contribution in [2.45, 2.75) is 26.7 Å². The van der Waals surface area contributed by atoms with E-state index in [2.05, 4.69) is 37.3 Å². The largest absolute Gasteiger partial charge is 0.342 e. The topological polar surface area (TPSA) is 66.8 Å². The summed E-state index contributed by atoms with van der Waals surface area (Å²) < 4.78 is 2.84. The third-order valence-electron chi connectivity index (χ3n) is 5.56. The molecule has 0 unspecified atom stereocenters. The minimum absolute atomic E-state index is 0.00190. The van der Waals surface area contributed by atoms with Gasteiger partial charge in [-0.1, -0.05) is 46.3 Å². The van der Waals surface area contributed by atoms with Gasteiger partial charge in [0.05, 0.1) is 28.3 Å². The van der Waals surface area contributed by atoms with Gasteiger partial charge in [0.1, 0.15) is 0 Å². The van der Waals surface area contributed by atoms with Crippen molar-refractivity contribution in [3.8, 4) is 16.9 Å². The number of carbonyl (C=O) groups is 1. The van der Waals surface area contributed by atoms with Crippen LogP contribution in [0.1, 0.15) is 33.9 Å². The Balaban J connectivity index is 1.39. The number of halogens is 1. The number of carbonyl (C=O) groups excluding carboxylic acids is 1. The average Bonchev–Trinajstić information content (AvgIpc) is 3.38. The van der Waals surface area contributed by atoms with E-state index in [0.717, 1.165) is 51.3 Å². The first kappa shape index (κ1) is 22.0. The van der Waals surface area contributed by atoms with Crippen LogP contribution in [-0.2, 0) is 6.42 Å². The molecular formula is C25H26BrN5O. The SMILES string of the molecule is Cc1nn(-c2ccc(Br)cc2)c(C)c1C(=O)N(C)CCCc1cc(-c2ccccc2)n[nH]1. The summed E-state index contributed by atoms with van der Waals surface area (Å²) >= 11 is 3.46. The summed E-state index contributed by atoms with van der Waals surface area (Å²) in [5, 5.41) is 12.1. The van der Waals surface area contributed by atoms with Crippen LogP contribution in [0, 0.1) is 13.8 Å². The van der Waals surface area contributed by atoms with Crippen LogP contribution in [0.4, 0.5) is 0 Å². The van der Waals surface area contributed by atoms with Crippen molar-refractivity contribution < 1.29 is 4.79 Å². The molecule has 0 saturated heterocycles. The Kier molecular flexibility index (Phi) is 6.55. The maximum absolute atomic E-state index is 13.2. The lowest BCUT2D eigenvalue weighted by Gasteiger charge is -2.17. The molecule has 0 aliphatic heterocycles.